The fourth-order valence-electron chi connectivity index (χ4n) is 1.86. The number of Topliss-reactive ketones (excluding diaryl/α,β-unsaturated/α-hetero) is 1. The van der Waals surface area contributed by atoms with Crippen molar-refractivity contribution in [3.05, 3.63) is 0 Å². The molecular formula is C14H28ClNO3. The quantitative estimate of drug-likeness (QED) is 0.497. The highest BCUT2D eigenvalue weighted by Crippen LogP contribution is 2.14. The van der Waals surface area contributed by atoms with Gasteiger partial charge < -0.3 is 10.5 Å². The Kier molecular flexibility index (Phi) is 13.5. The van der Waals surface area contributed by atoms with Crippen molar-refractivity contribution in [2.75, 3.05) is 13.2 Å². The molecule has 0 aliphatic carbocycles. The molecule has 0 aliphatic heterocycles. The molecule has 114 valence electrons. The first-order valence-electron chi connectivity index (χ1n) is 6.86. The average Bonchev–Trinajstić information content (AvgIpc) is 2.32. The number of halogens is 1. The van der Waals surface area contributed by atoms with Gasteiger partial charge in [-0.2, -0.15) is 0 Å². The number of rotatable bonds is 10. The molecule has 5 heteroatoms. The minimum atomic E-state index is -0.199. The molecule has 0 aromatic rings. The van der Waals surface area contributed by atoms with Crippen molar-refractivity contribution in [3.8, 4) is 0 Å². The van der Waals surface area contributed by atoms with Crippen LogP contribution in [0.4, 0.5) is 0 Å². The standard InChI is InChI=1S/C14H27NO3.ClH/c1-4-13(16)6-5-7-18-14(17)9-12(10-15)8-11(2)3;/h11-12H,4-10,15H2,1-3H3;1H/t12-;/m0./s1. The number of ether oxygens (including phenoxy) is 1. The number of hydrogen-bond donors (Lipinski definition) is 1. The van der Waals surface area contributed by atoms with Crippen LogP contribution in [0.2, 0.25) is 0 Å². The summed E-state index contributed by atoms with van der Waals surface area (Å²) in [6, 6.07) is 0. The maximum Gasteiger partial charge on any atom is 0.306 e. The maximum absolute atomic E-state index is 11.5. The van der Waals surface area contributed by atoms with E-state index < -0.39 is 0 Å². The summed E-state index contributed by atoms with van der Waals surface area (Å²) >= 11 is 0. The van der Waals surface area contributed by atoms with Crippen molar-refractivity contribution >= 4 is 24.2 Å². The van der Waals surface area contributed by atoms with Crippen molar-refractivity contribution in [1.29, 1.82) is 0 Å². The first-order chi connectivity index (χ1) is 8.49. The molecule has 0 unspecified atom stereocenters. The molecule has 4 nitrogen and oxygen atoms in total. The summed E-state index contributed by atoms with van der Waals surface area (Å²) in [6.07, 6.45) is 3.00. The van der Waals surface area contributed by atoms with E-state index in [0.29, 0.717) is 44.8 Å². The highest BCUT2D eigenvalue weighted by Gasteiger charge is 2.14. The molecule has 0 saturated heterocycles. The lowest BCUT2D eigenvalue weighted by Gasteiger charge is -2.16. The molecule has 0 radical (unpaired) electrons. The number of carbonyl (C=O) groups excluding carboxylic acids is 2. The predicted molar refractivity (Wildman–Crippen MR) is 79.4 cm³/mol. The minimum absolute atomic E-state index is 0. The van der Waals surface area contributed by atoms with Crippen LogP contribution in [0, 0.1) is 11.8 Å². The van der Waals surface area contributed by atoms with Gasteiger partial charge in [0.25, 0.3) is 0 Å². The van der Waals surface area contributed by atoms with E-state index in [2.05, 4.69) is 13.8 Å². The summed E-state index contributed by atoms with van der Waals surface area (Å²) in [4.78, 5) is 22.6. The van der Waals surface area contributed by atoms with Gasteiger partial charge in [-0.3, -0.25) is 9.59 Å². The Balaban J connectivity index is 0. The molecule has 0 aromatic heterocycles. The Hall–Kier alpha value is -0.610. The van der Waals surface area contributed by atoms with Crippen LogP contribution in [0.5, 0.6) is 0 Å². The Morgan fingerprint density at radius 3 is 2.37 bits per heavy atom. The van der Waals surface area contributed by atoms with Crippen LogP contribution in [0.3, 0.4) is 0 Å². The van der Waals surface area contributed by atoms with Crippen LogP contribution in [0.15, 0.2) is 0 Å². The average molecular weight is 294 g/mol. The van der Waals surface area contributed by atoms with Crippen molar-refractivity contribution in [2.45, 2.75) is 52.9 Å². The first-order valence-corrected chi connectivity index (χ1v) is 6.86. The number of nitrogens with two attached hydrogens (primary N) is 1. The van der Waals surface area contributed by atoms with E-state index in [1.165, 1.54) is 0 Å². The van der Waals surface area contributed by atoms with Crippen LogP contribution in [0.1, 0.15) is 52.9 Å². The molecule has 0 aliphatic rings. The van der Waals surface area contributed by atoms with Gasteiger partial charge in [0, 0.05) is 19.3 Å². The van der Waals surface area contributed by atoms with Crippen molar-refractivity contribution in [2.24, 2.45) is 17.6 Å². The molecule has 2 N–H and O–H groups in total. The molecule has 0 aromatic carbocycles. The maximum atomic E-state index is 11.5. The van der Waals surface area contributed by atoms with E-state index in [0.717, 1.165) is 6.42 Å². The smallest absolute Gasteiger partial charge is 0.306 e. The highest BCUT2D eigenvalue weighted by molar-refractivity contribution is 5.85. The molecule has 0 bridgehead atoms. The fraction of sp³-hybridized carbons (Fsp3) is 0.857. The molecular weight excluding hydrogens is 266 g/mol. The molecule has 1 atom stereocenters. The summed E-state index contributed by atoms with van der Waals surface area (Å²) < 4.78 is 5.10. The second-order valence-corrected chi connectivity index (χ2v) is 5.15. The Labute approximate surface area is 122 Å². The van der Waals surface area contributed by atoms with Crippen LogP contribution >= 0.6 is 12.4 Å². The van der Waals surface area contributed by atoms with E-state index in [4.69, 9.17) is 10.5 Å². The molecule has 19 heavy (non-hydrogen) atoms. The normalized spacial score (nSPS) is 11.8. The lowest BCUT2D eigenvalue weighted by atomic mass is 9.94. The molecule has 0 saturated carbocycles. The number of ketones is 1. The zero-order valence-corrected chi connectivity index (χ0v) is 13.1. The van der Waals surface area contributed by atoms with E-state index >= 15 is 0 Å². The fourth-order valence-corrected chi connectivity index (χ4v) is 1.86. The van der Waals surface area contributed by atoms with Crippen molar-refractivity contribution in [3.63, 3.8) is 0 Å². The zero-order valence-electron chi connectivity index (χ0n) is 12.3. The number of hydrogen-bond acceptors (Lipinski definition) is 4. The topological polar surface area (TPSA) is 69.4 Å². The van der Waals surface area contributed by atoms with Crippen LogP contribution in [0.25, 0.3) is 0 Å². The predicted octanol–water partition coefficient (Wildman–Crippen LogP) is 2.72. The van der Waals surface area contributed by atoms with Gasteiger partial charge in [0.1, 0.15) is 5.78 Å². The zero-order chi connectivity index (χ0) is 14.0. The summed E-state index contributed by atoms with van der Waals surface area (Å²) in [5.74, 6) is 0.754. The van der Waals surface area contributed by atoms with E-state index in [1.807, 2.05) is 6.92 Å². The Morgan fingerprint density at radius 2 is 1.89 bits per heavy atom. The van der Waals surface area contributed by atoms with Gasteiger partial charge in [0.15, 0.2) is 0 Å². The monoisotopic (exact) mass is 293 g/mol. The first kappa shape index (κ1) is 20.7. The van der Waals surface area contributed by atoms with E-state index in [1.54, 1.807) is 0 Å². The van der Waals surface area contributed by atoms with Gasteiger partial charge in [0.05, 0.1) is 6.61 Å². The minimum Gasteiger partial charge on any atom is -0.466 e. The van der Waals surface area contributed by atoms with Gasteiger partial charge in [-0.15, -0.1) is 12.4 Å². The van der Waals surface area contributed by atoms with Crippen LogP contribution in [-0.4, -0.2) is 24.9 Å². The van der Waals surface area contributed by atoms with Gasteiger partial charge in [-0.05, 0) is 31.2 Å². The highest BCUT2D eigenvalue weighted by atomic mass is 35.5. The van der Waals surface area contributed by atoms with Crippen LogP contribution in [-0.2, 0) is 14.3 Å². The second-order valence-electron chi connectivity index (χ2n) is 5.15. The Morgan fingerprint density at radius 1 is 1.26 bits per heavy atom. The summed E-state index contributed by atoms with van der Waals surface area (Å²) in [7, 11) is 0. The van der Waals surface area contributed by atoms with Gasteiger partial charge in [-0.25, -0.2) is 0 Å². The number of carbonyl (C=O) groups is 2. The van der Waals surface area contributed by atoms with E-state index in [9.17, 15) is 9.59 Å². The molecule has 0 fully saturated rings. The molecule has 0 heterocycles. The third-order valence-electron chi connectivity index (χ3n) is 2.85. The number of esters is 1. The lowest BCUT2D eigenvalue weighted by Crippen LogP contribution is -2.21. The lowest BCUT2D eigenvalue weighted by molar-refractivity contribution is -0.145. The van der Waals surface area contributed by atoms with Crippen molar-refractivity contribution in [1.82, 2.24) is 0 Å². The SMILES string of the molecule is CCC(=O)CCCOC(=O)C[C@@H](CN)CC(C)C.Cl. The third kappa shape index (κ3) is 12.2. The molecule has 0 rings (SSSR count). The van der Waals surface area contributed by atoms with Crippen LogP contribution < -0.4 is 5.73 Å². The van der Waals surface area contributed by atoms with Crippen molar-refractivity contribution < 1.29 is 14.3 Å². The largest absolute Gasteiger partial charge is 0.466 e. The molecule has 0 spiro atoms. The third-order valence-corrected chi connectivity index (χ3v) is 2.85. The van der Waals surface area contributed by atoms with Gasteiger partial charge >= 0.3 is 5.97 Å². The summed E-state index contributed by atoms with van der Waals surface area (Å²) in [6.45, 7) is 6.92. The summed E-state index contributed by atoms with van der Waals surface area (Å²) in [5.41, 5.74) is 5.63. The second kappa shape index (κ2) is 12.4. The van der Waals surface area contributed by atoms with Gasteiger partial charge in [0.2, 0.25) is 0 Å². The molecule has 0 amide bonds. The Bertz CT molecular complexity index is 257. The van der Waals surface area contributed by atoms with E-state index in [-0.39, 0.29) is 30.1 Å². The summed E-state index contributed by atoms with van der Waals surface area (Å²) in [5, 5.41) is 0. The van der Waals surface area contributed by atoms with Gasteiger partial charge in [-0.1, -0.05) is 20.8 Å².